The third-order valence-corrected chi connectivity index (χ3v) is 2.65. The monoisotopic (exact) mass is 318 g/mol. The maximum Gasteiger partial charge on any atom is 0.0465 e. The van der Waals surface area contributed by atoms with Gasteiger partial charge in [-0.3, -0.25) is 0 Å². The van der Waals surface area contributed by atoms with Crippen LogP contribution in [-0.4, -0.2) is 32.1 Å². The number of halogens is 4. The Morgan fingerprint density at radius 1 is 1.18 bits per heavy atom. The fraction of sp³-hybridized carbons (Fsp3) is 0.455. The van der Waals surface area contributed by atoms with Crippen LogP contribution in [0.15, 0.2) is 18.2 Å². The molecule has 0 saturated heterocycles. The van der Waals surface area contributed by atoms with Crippen molar-refractivity contribution >= 4 is 48.0 Å². The second-order valence-electron chi connectivity index (χ2n) is 3.72. The summed E-state index contributed by atoms with van der Waals surface area (Å²) >= 11 is 11.8. The Kier molecular flexibility index (Phi) is 11.8. The minimum absolute atomic E-state index is 0. The molecule has 0 amide bonds. The van der Waals surface area contributed by atoms with Gasteiger partial charge < -0.3 is 10.2 Å². The van der Waals surface area contributed by atoms with Crippen LogP contribution in [-0.2, 0) is 6.54 Å². The molecule has 1 aromatic carbocycles. The molecule has 6 heteroatoms. The van der Waals surface area contributed by atoms with Crippen molar-refractivity contribution in [1.82, 2.24) is 10.2 Å². The molecule has 0 fully saturated rings. The largest absolute Gasteiger partial charge is 0.311 e. The Balaban J connectivity index is 0. The Labute approximate surface area is 125 Å². The number of rotatable bonds is 5. The van der Waals surface area contributed by atoms with E-state index >= 15 is 0 Å². The standard InChI is InChI=1S/C11H16Cl2N2.2ClH/c1-15(2)6-5-14-8-9-3-4-10(12)7-11(9)13;;/h3-4,7,14H,5-6,8H2,1-2H3;2*1H. The van der Waals surface area contributed by atoms with E-state index in [9.17, 15) is 0 Å². The summed E-state index contributed by atoms with van der Waals surface area (Å²) in [5.74, 6) is 0. The van der Waals surface area contributed by atoms with Crippen LogP contribution in [0.2, 0.25) is 10.0 Å². The third kappa shape index (κ3) is 8.09. The van der Waals surface area contributed by atoms with Gasteiger partial charge >= 0.3 is 0 Å². The lowest BCUT2D eigenvalue weighted by atomic mass is 10.2. The van der Waals surface area contributed by atoms with E-state index in [1.807, 2.05) is 12.1 Å². The summed E-state index contributed by atoms with van der Waals surface area (Å²) in [6.07, 6.45) is 0. The highest BCUT2D eigenvalue weighted by molar-refractivity contribution is 6.35. The third-order valence-electron chi connectivity index (χ3n) is 2.07. The van der Waals surface area contributed by atoms with Crippen molar-refractivity contribution in [3.8, 4) is 0 Å². The highest BCUT2D eigenvalue weighted by Gasteiger charge is 2.00. The minimum atomic E-state index is 0. The summed E-state index contributed by atoms with van der Waals surface area (Å²) < 4.78 is 0. The number of hydrogen-bond donors (Lipinski definition) is 1. The predicted octanol–water partition coefficient (Wildman–Crippen LogP) is 3.49. The molecular formula is C11H18Cl4N2. The van der Waals surface area contributed by atoms with Crippen LogP contribution in [0.3, 0.4) is 0 Å². The van der Waals surface area contributed by atoms with Crippen molar-refractivity contribution in [3.63, 3.8) is 0 Å². The van der Waals surface area contributed by atoms with Gasteiger partial charge in [-0.05, 0) is 31.8 Å². The summed E-state index contributed by atoms with van der Waals surface area (Å²) in [6, 6.07) is 5.58. The van der Waals surface area contributed by atoms with Crippen LogP contribution < -0.4 is 5.32 Å². The number of hydrogen-bond acceptors (Lipinski definition) is 2. The second-order valence-corrected chi connectivity index (χ2v) is 4.56. The first-order valence-electron chi connectivity index (χ1n) is 4.89. The van der Waals surface area contributed by atoms with E-state index in [0.29, 0.717) is 5.02 Å². The average molecular weight is 320 g/mol. The molecule has 0 radical (unpaired) electrons. The summed E-state index contributed by atoms with van der Waals surface area (Å²) in [5, 5.41) is 4.72. The van der Waals surface area contributed by atoms with Crippen molar-refractivity contribution in [2.24, 2.45) is 0 Å². The molecule has 1 rings (SSSR count). The van der Waals surface area contributed by atoms with Gasteiger partial charge in [0.1, 0.15) is 0 Å². The van der Waals surface area contributed by atoms with Crippen LogP contribution >= 0.6 is 48.0 Å². The van der Waals surface area contributed by atoms with Crippen LogP contribution in [0.5, 0.6) is 0 Å². The maximum atomic E-state index is 6.04. The van der Waals surface area contributed by atoms with Gasteiger partial charge in [-0.25, -0.2) is 0 Å². The Morgan fingerprint density at radius 3 is 2.35 bits per heavy atom. The van der Waals surface area contributed by atoms with Crippen molar-refractivity contribution in [2.45, 2.75) is 6.54 Å². The van der Waals surface area contributed by atoms with E-state index in [0.717, 1.165) is 30.2 Å². The molecular weight excluding hydrogens is 302 g/mol. The minimum Gasteiger partial charge on any atom is -0.311 e. The topological polar surface area (TPSA) is 15.3 Å². The van der Waals surface area contributed by atoms with Gasteiger partial charge in [-0.2, -0.15) is 0 Å². The zero-order valence-corrected chi connectivity index (χ0v) is 13.0. The normalized spacial score (nSPS) is 9.71. The molecule has 0 unspecified atom stereocenters. The van der Waals surface area contributed by atoms with Crippen molar-refractivity contribution < 1.29 is 0 Å². The summed E-state index contributed by atoms with van der Waals surface area (Å²) in [4.78, 5) is 2.14. The first kappa shape index (κ1) is 19.6. The molecule has 0 aliphatic heterocycles. The van der Waals surface area contributed by atoms with Gasteiger partial charge in [-0.15, -0.1) is 24.8 Å². The Morgan fingerprint density at radius 2 is 1.82 bits per heavy atom. The van der Waals surface area contributed by atoms with Gasteiger partial charge in [0.05, 0.1) is 0 Å². The van der Waals surface area contributed by atoms with Crippen molar-refractivity contribution in [2.75, 3.05) is 27.2 Å². The fourth-order valence-electron chi connectivity index (χ4n) is 1.19. The van der Waals surface area contributed by atoms with E-state index in [1.165, 1.54) is 0 Å². The summed E-state index contributed by atoms with van der Waals surface area (Å²) in [7, 11) is 4.11. The molecule has 100 valence electrons. The van der Waals surface area contributed by atoms with Crippen LogP contribution in [0.25, 0.3) is 0 Å². The van der Waals surface area contributed by atoms with E-state index < -0.39 is 0 Å². The Bertz CT molecular complexity index is 318. The molecule has 0 bridgehead atoms. The van der Waals surface area contributed by atoms with Crippen molar-refractivity contribution in [3.05, 3.63) is 33.8 Å². The fourth-order valence-corrected chi connectivity index (χ4v) is 1.67. The predicted molar refractivity (Wildman–Crippen MR) is 81.2 cm³/mol. The number of likely N-dealkylation sites (N-methyl/N-ethyl adjacent to an activating group) is 1. The molecule has 0 heterocycles. The van der Waals surface area contributed by atoms with E-state index in [4.69, 9.17) is 23.2 Å². The lowest BCUT2D eigenvalue weighted by Gasteiger charge is -2.11. The average Bonchev–Trinajstić information content (AvgIpc) is 2.14. The highest BCUT2D eigenvalue weighted by atomic mass is 35.5. The second kappa shape index (κ2) is 10.2. The quantitative estimate of drug-likeness (QED) is 0.836. The molecule has 2 nitrogen and oxygen atoms in total. The first-order valence-corrected chi connectivity index (χ1v) is 5.64. The smallest absolute Gasteiger partial charge is 0.0465 e. The first-order chi connectivity index (χ1) is 7.09. The molecule has 1 aromatic rings. The van der Waals surface area contributed by atoms with Crippen LogP contribution in [0.1, 0.15) is 5.56 Å². The molecule has 0 spiro atoms. The van der Waals surface area contributed by atoms with E-state index in [-0.39, 0.29) is 24.8 Å². The lowest BCUT2D eigenvalue weighted by Crippen LogP contribution is -2.26. The summed E-state index contributed by atoms with van der Waals surface area (Å²) in [6.45, 7) is 2.75. The van der Waals surface area contributed by atoms with Gasteiger partial charge in [0.15, 0.2) is 0 Å². The van der Waals surface area contributed by atoms with Gasteiger partial charge in [0, 0.05) is 29.7 Å². The van der Waals surface area contributed by atoms with Gasteiger partial charge in [0.25, 0.3) is 0 Å². The molecule has 17 heavy (non-hydrogen) atoms. The molecule has 0 atom stereocenters. The van der Waals surface area contributed by atoms with E-state index in [2.05, 4.69) is 24.3 Å². The Hall–Kier alpha value is 0.300. The van der Waals surface area contributed by atoms with Crippen LogP contribution in [0.4, 0.5) is 0 Å². The molecule has 0 aliphatic carbocycles. The van der Waals surface area contributed by atoms with Gasteiger partial charge in [-0.1, -0.05) is 29.3 Å². The highest BCUT2D eigenvalue weighted by Crippen LogP contribution is 2.20. The molecule has 0 aromatic heterocycles. The molecule has 1 N–H and O–H groups in total. The zero-order valence-electron chi connectivity index (χ0n) is 9.87. The van der Waals surface area contributed by atoms with E-state index in [1.54, 1.807) is 6.07 Å². The molecule has 0 aliphatic rings. The lowest BCUT2D eigenvalue weighted by molar-refractivity contribution is 0.400. The summed E-state index contributed by atoms with van der Waals surface area (Å²) in [5.41, 5.74) is 1.08. The van der Waals surface area contributed by atoms with Crippen LogP contribution in [0, 0.1) is 0 Å². The van der Waals surface area contributed by atoms with Gasteiger partial charge in [0.2, 0.25) is 0 Å². The number of nitrogens with one attached hydrogen (secondary N) is 1. The van der Waals surface area contributed by atoms with Crippen molar-refractivity contribution in [1.29, 1.82) is 0 Å². The number of nitrogens with zero attached hydrogens (tertiary/aromatic N) is 1. The molecule has 0 saturated carbocycles. The SMILES string of the molecule is CN(C)CCNCc1ccc(Cl)cc1Cl.Cl.Cl. The zero-order chi connectivity index (χ0) is 11.3. The number of benzene rings is 1. The maximum absolute atomic E-state index is 6.04.